The average molecular weight is 377 g/mol. The summed E-state index contributed by atoms with van der Waals surface area (Å²) in [6.07, 6.45) is 1.01. The van der Waals surface area contributed by atoms with Crippen LogP contribution < -0.4 is 10.2 Å². The van der Waals surface area contributed by atoms with Crippen molar-refractivity contribution in [3.05, 3.63) is 45.7 Å². The molecule has 0 aliphatic carbocycles. The van der Waals surface area contributed by atoms with Crippen LogP contribution in [0.5, 0.6) is 0 Å². The number of nitrogens with one attached hydrogen (secondary N) is 1. The highest BCUT2D eigenvalue weighted by atomic mass is 79.9. The molecule has 2 N–H and O–H groups in total. The number of benzene rings is 1. The number of hydrogen-bond donors (Lipinski definition) is 2. The monoisotopic (exact) mass is 376 g/mol. The third-order valence-electron chi connectivity index (χ3n) is 4.00. The first-order valence-electron chi connectivity index (χ1n) is 7.80. The van der Waals surface area contributed by atoms with Crippen LogP contribution in [0.4, 0.5) is 11.6 Å². The number of rotatable bonds is 4. The maximum absolute atomic E-state index is 9.19. The van der Waals surface area contributed by atoms with E-state index >= 15 is 0 Å². The van der Waals surface area contributed by atoms with E-state index in [9.17, 15) is 5.11 Å². The first-order valence-corrected chi connectivity index (χ1v) is 8.60. The highest BCUT2D eigenvalue weighted by Crippen LogP contribution is 2.26. The third kappa shape index (κ3) is 3.82. The van der Waals surface area contributed by atoms with Gasteiger partial charge in [-0.3, -0.25) is 0 Å². The number of anilines is 2. The summed E-state index contributed by atoms with van der Waals surface area (Å²) in [6.45, 7) is 5.69. The molecule has 0 spiro atoms. The van der Waals surface area contributed by atoms with Crippen LogP contribution in [0.1, 0.15) is 23.9 Å². The van der Waals surface area contributed by atoms with E-state index in [2.05, 4.69) is 54.3 Å². The van der Waals surface area contributed by atoms with Gasteiger partial charge in [0, 0.05) is 29.7 Å². The molecule has 0 amide bonds. The Morgan fingerprint density at radius 3 is 2.91 bits per heavy atom. The zero-order chi connectivity index (χ0) is 16.4. The van der Waals surface area contributed by atoms with Crippen LogP contribution in [-0.4, -0.2) is 34.3 Å². The van der Waals surface area contributed by atoms with Crippen LogP contribution in [0.2, 0.25) is 0 Å². The molecule has 6 heteroatoms. The van der Waals surface area contributed by atoms with E-state index in [1.807, 2.05) is 19.9 Å². The second-order valence-corrected chi connectivity index (χ2v) is 6.89. The number of halogens is 1. The fourth-order valence-corrected chi connectivity index (χ4v) is 3.21. The fraction of sp³-hybridized carbons (Fsp3) is 0.412. The predicted octanol–water partition coefficient (Wildman–Crippen LogP) is 2.90. The fourth-order valence-electron chi connectivity index (χ4n) is 2.80. The summed E-state index contributed by atoms with van der Waals surface area (Å²) in [4.78, 5) is 11.3. The highest BCUT2D eigenvalue weighted by molar-refractivity contribution is 9.10. The normalized spacial score (nSPS) is 15.2. The number of aryl methyl sites for hydroxylation is 1. The van der Waals surface area contributed by atoms with Gasteiger partial charge in [-0.05, 0) is 43.5 Å². The second kappa shape index (κ2) is 6.84. The number of aromatic nitrogens is 2. The zero-order valence-corrected chi connectivity index (χ0v) is 15.0. The molecule has 23 heavy (non-hydrogen) atoms. The van der Waals surface area contributed by atoms with Crippen molar-refractivity contribution < 1.29 is 5.11 Å². The van der Waals surface area contributed by atoms with Crippen molar-refractivity contribution in [3.63, 3.8) is 0 Å². The van der Waals surface area contributed by atoms with Crippen molar-refractivity contribution in [1.29, 1.82) is 0 Å². The molecule has 1 aromatic heterocycles. The van der Waals surface area contributed by atoms with E-state index < -0.39 is 0 Å². The minimum absolute atomic E-state index is 0.0309. The van der Waals surface area contributed by atoms with Crippen LogP contribution >= 0.6 is 15.9 Å². The molecule has 1 aliphatic heterocycles. The van der Waals surface area contributed by atoms with Crippen LogP contribution in [0, 0.1) is 6.92 Å². The Morgan fingerprint density at radius 1 is 1.30 bits per heavy atom. The van der Waals surface area contributed by atoms with Crippen molar-refractivity contribution in [2.75, 3.05) is 23.4 Å². The van der Waals surface area contributed by atoms with Gasteiger partial charge < -0.3 is 15.3 Å². The Bertz CT molecular complexity index is 707. The van der Waals surface area contributed by atoms with Gasteiger partial charge in [0.1, 0.15) is 17.5 Å². The second-order valence-electron chi connectivity index (χ2n) is 5.97. The molecule has 122 valence electrons. The topological polar surface area (TPSA) is 61.3 Å². The first-order chi connectivity index (χ1) is 11.0. The van der Waals surface area contributed by atoms with Crippen LogP contribution in [0.3, 0.4) is 0 Å². The molecule has 2 aromatic rings. The van der Waals surface area contributed by atoms with E-state index in [4.69, 9.17) is 0 Å². The van der Waals surface area contributed by atoms with Gasteiger partial charge in [0.2, 0.25) is 0 Å². The molecule has 5 nitrogen and oxygen atoms in total. The molecule has 0 unspecified atom stereocenters. The minimum Gasteiger partial charge on any atom is -0.394 e. The van der Waals surface area contributed by atoms with Gasteiger partial charge >= 0.3 is 0 Å². The lowest BCUT2D eigenvalue weighted by Gasteiger charge is -2.30. The van der Waals surface area contributed by atoms with E-state index in [0.29, 0.717) is 0 Å². The Morgan fingerprint density at radius 2 is 2.13 bits per heavy atom. The van der Waals surface area contributed by atoms with Gasteiger partial charge in [0.25, 0.3) is 0 Å². The highest BCUT2D eigenvalue weighted by Gasteiger charge is 2.19. The molecule has 0 radical (unpaired) electrons. The maximum Gasteiger partial charge on any atom is 0.134 e. The molecule has 1 aliphatic rings. The van der Waals surface area contributed by atoms with Crippen LogP contribution in [-0.2, 0) is 13.0 Å². The molecular formula is C17H21BrN4O. The van der Waals surface area contributed by atoms with E-state index in [-0.39, 0.29) is 12.6 Å². The van der Waals surface area contributed by atoms with E-state index in [1.165, 1.54) is 11.1 Å². The Balaban J connectivity index is 1.83. The molecule has 0 saturated heterocycles. The van der Waals surface area contributed by atoms with Crippen LogP contribution in [0.15, 0.2) is 28.7 Å². The summed E-state index contributed by atoms with van der Waals surface area (Å²) in [5.41, 5.74) is 2.74. The van der Waals surface area contributed by atoms with Gasteiger partial charge in [0.05, 0.1) is 6.61 Å². The van der Waals surface area contributed by atoms with Crippen LogP contribution in [0.25, 0.3) is 0 Å². The quantitative estimate of drug-likeness (QED) is 0.858. The number of nitrogens with zero attached hydrogens (tertiary/aromatic N) is 3. The Kier molecular flexibility index (Phi) is 4.82. The Labute approximate surface area is 144 Å². The van der Waals surface area contributed by atoms with Crippen molar-refractivity contribution in [3.8, 4) is 0 Å². The van der Waals surface area contributed by atoms with Gasteiger partial charge in [-0.2, -0.15) is 0 Å². The van der Waals surface area contributed by atoms with E-state index in [1.54, 1.807) is 0 Å². The maximum atomic E-state index is 9.19. The predicted molar refractivity (Wildman–Crippen MR) is 95.8 cm³/mol. The first kappa shape index (κ1) is 16.2. The lowest BCUT2D eigenvalue weighted by atomic mass is 10.00. The molecule has 2 heterocycles. The lowest BCUT2D eigenvalue weighted by molar-refractivity contribution is 0.281. The Hall–Kier alpha value is -1.66. The van der Waals surface area contributed by atoms with Gasteiger partial charge in [0.15, 0.2) is 0 Å². The number of hydrogen-bond acceptors (Lipinski definition) is 5. The molecule has 0 bridgehead atoms. The van der Waals surface area contributed by atoms with E-state index in [0.717, 1.165) is 41.4 Å². The zero-order valence-electron chi connectivity index (χ0n) is 13.4. The largest absolute Gasteiger partial charge is 0.394 e. The summed E-state index contributed by atoms with van der Waals surface area (Å²) < 4.78 is 1.13. The third-order valence-corrected chi connectivity index (χ3v) is 4.49. The van der Waals surface area contributed by atoms with Gasteiger partial charge in [-0.25, -0.2) is 9.97 Å². The molecule has 3 rings (SSSR count). The van der Waals surface area contributed by atoms with Crippen molar-refractivity contribution in [1.82, 2.24) is 9.97 Å². The average Bonchev–Trinajstić information content (AvgIpc) is 2.53. The molecule has 1 aromatic carbocycles. The number of fused-ring (bicyclic) bond motifs is 1. The smallest absolute Gasteiger partial charge is 0.134 e. The van der Waals surface area contributed by atoms with Crippen molar-refractivity contribution in [2.24, 2.45) is 0 Å². The summed E-state index contributed by atoms with van der Waals surface area (Å²) in [5.74, 6) is 2.42. The van der Waals surface area contributed by atoms with Crippen molar-refractivity contribution >= 4 is 27.6 Å². The molecular weight excluding hydrogens is 356 g/mol. The lowest BCUT2D eigenvalue weighted by Crippen LogP contribution is -2.31. The summed E-state index contributed by atoms with van der Waals surface area (Å²) in [5, 5.41) is 12.4. The summed E-state index contributed by atoms with van der Waals surface area (Å²) in [6, 6.07) is 8.39. The molecule has 0 saturated carbocycles. The minimum atomic E-state index is -0.0309. The van der Waals surface area contributed by atoms with Gasteiger partial charge in [-0.15, -0.1) is 0 Å². The summed E-state index contributed by atoms with van der Waals surface area (Å²) >= 11 is 3.54. The number of aliphatic hydroxyl groups excluding tert-OH is 1. The van der Waals surface area contributed by atoms with Gasteiger partial charge in [-0.1, -0.05) is 22.0 Å². The molecule has 1 atom stereocenters. The van der Waals surface area contributed by atoms with Crippen molar-refractivity contribution in [2.45, 2.75) is 32.9 Å². The molecule has 0 fully saturated rings. The standard InChI is InChI=1S/C17H21BrN4O/c1-11(10-23)19-16-8-17(21-12(2)20-16)22-6-5-13-7-15(18)4-3-14(13)9-22/h3-4,7-8,11,23H,5-6,9-10H2,1-2H3,(H,19,20,21)/t11-/m0/s1. The SMILES string of the molecule is Cc1nc(N[C@@H](C)CO)cc(N2CCc3cc(Br)ccc3C2)n1. The number of aliphatic hydroxyl groups is 1. The summed E-state index contributed by atoms with van der Waals surface area (Å²) in [7, 11) is 0.